The monoisotopic (exact) mass is 131 g/mol. The molecular weight excluding hydrogens is 126 g/mol. The minimum Gasteiger partial charge on any atom is -0.288 e. The van der Waals surface area contributed by atoms with E-state index in [9.17, 15) is 0 Å². The molecule has 0 atom stereocenters. The molecule has 0 aromatic carbocycles. The zero-order valence-electron chi connectivity index (χ0n) is 3.73. The van der Waals surface area contributed by atoms with Gasteiger partial charge in [0.25, 0.3) is 0 Å². The Morgan fingerprint density at radius 2 is 2.43 bits per heavy atom. The van der Waals surface area contributed by atoms with Gasteiger partial charge in [-0.3, -0.25) is 5.41 Å². The number of hydrogen-bond acceptors (Lipinski definition) is 3. The number of rotatable bonds is 0. The van der Waals surface area contributed by atoms with Crippen LogP contribution in [0.2, 0.25) is 0 Å². The second-order valence-electron chi connectivity index (χ2n) is 1.22. The van der Waals surface area contributed by atoms with E-state index in [4.69, 9.17) is 5.41 Å². The maximum Gasteiger partial charge on any atom is 0.126 e. The molecule has 0 amide bonds. The van der Waals surface area contributed by atoms with Gasteiger partial charge in [-0.2, -0.15) is 0 Å². The maximum atomic E-state index is 7.04. The molecule has 38 valence electrons. The Morgan fingerprint density at radius 1 is 1.71 bits per heavy atom. The fraction of sp³-hybridized carbons (Fsp3) is 0.250. The summed E-state index contributed by atoms with van der Waals surface area (Å²) in [5.74, 6) is 0.934. The van der Waals surface area contributed by atoms with Crippen molar-refractivity contribution < 1.29 is 0 Å². The van der Waals surface area contributed by atoms with E-state index in [-0.39, 0.29) is 0 Å². The van der Waals surface area contributed by atoms with Gasteiger partial charge in [-0.1, -0.05) is 30.1 Å². The molecule has 0 aliphatic carbocycles. The lowest BCUT2D eigenvalue weighted by Crippen LogP contribution is -1.64. The van der Waals surface area contributed by atoms with Crippen LogP contribution in [0.4, 0.5) is 0 Å². The first-order valence-corrected chi connectivity index (χ1v) is 3.66. The van der Waals surface area contributed by atoms with Crippen LogP contribution >= 0.6 is 23.5 Å². The van der Waals surface area contributed by atoms with Crippen molar-refractivity contribution in [3.8, 4) is 0 Å². The second-order valence-corrected chi connectivity index (χ2v) is 3.65. The average molecular weight is 131 g/mol. The van der Waals surface area contributed by atoms with E-state index in [1.54, 1.807) is 11.8 Å². The van der Waals surface area contributed by atoms with Crippen molar-refractivity contribution in [2.45, 2.75) is 0 Å². The lowest BCUT2D eigenvalue weighted by Gasteiger charge is -1.78. The zero-order chi connectivity index (χ0) is 5.28. The molecule has 7 heavy (non-hydrogen) atoms. The molecule has 0 unspecified atom stereocenters. The first-order valence-electron chi connectivity index (χ1n) is 1.86. The number of hydrogen-bond donors (Lipinski definition) is 1. The summed E-state index contributed by atoms with van der Waals surface area (Å²) in [5.41, 5.74) is 0. The molecule has 1 heterocycles. The molecule has 1 aliphatic heterocycles. The zero-order valence-corrected chi connectivity index (χ0v) is 5.36. The molecule has 1 rings (SSSR count). The van der Waals surface area contributed by atoms with Gasteiger partial charge in [0, 0.05) is 5.75 Å². The molecule has 0 bridgehead atoms. The topological polar surface area (TPSA) is 23.9 Å². The smallest absolute Gasteiger partial charge is 0.126 e. The first kappa shape index (κ1) is 5.25. The number of nitrogens with one attached hydrogen (secondary N) is 1. The van der Waals surface area contributed by atoms with E-state index in [1.165, 1.54) is 11.8 Å². The Morgan fingerprint density at radius 3 is 2.57 bits per heavy atom. The largest absolute Gasteiger partial charge is 0.288 e. The van der Waals surface area contributed by atoms with Crippen molar-refractivity contribution in [3.63, 3.8) is 0 Å². The normalized spacial score (nSPS) is 21.1. The van der Waals surface area contributed by atoms with E-state index in [0.29, 0.717) is 4.38 Å². The predicted octanol–water partition coefficient (Wildman–Crippen LogP) is 1.91. The van der Waals surface area contributed by atoms with E-state index in [2.05, 4.69) is 6.58 Å². The third-order valence-electron chi connectivity index (χ3n) is 0.601. The predicted molar refractivity (Wildman–Crippen MR) is 36.9 cm³/mol. The molecule has 1 nitrogen and oxygen atoms in total. The third-order valence-corrected chi connectivity index (χ3v) is 2.76. The molecule has 3 heteroatoms. The summed E-state index contributed by atoms with van der Waals surface area (Å²) in [4.78, 5) is 1.11. The van der Waals surface area contributed by atoms with Crippen molar-refractivity contribution in [2.24, 2.45) is 0 Å². The van der Waals surface area contributed by atoms with Gasteiger partial charge >= 0.3 is 0 Å². The Balaban J connectivity index is 2.55. The summed E-state index contributed by atoms with van der Waals surface area (Å²) in [6.07, 6.45) is 0. The standard InChI is InChI=1S/C4H5NS2/c1-3-2-6-4(5)7-3/h5H,1-2H2. The van der Waals surface area contributed by atoms with Crippen LogP contribution in [0.25, 0.3) is 0 Å². The summed E-state index contributed by atoms with van der Waals surface area (Å²) in [6.45, 7) is 3.71. The Bertz CT molecular complexity index is 105. The SMILES string of the molecule is C=C1CSC(=N)S1. The Hall–Kier alpha value is 0.110. The van der Waals surface area contributed by atoms with Crippen LogP contribution in [0.3, 0.4) is 0 Å². The molecule has 1 fully saturated rings. The molecule has 1 N–H and O–H groups in total. The molecule has 0 aromatic heterocycles. The van der Waals surface area contributed by atoms with E-state index < -0.39 is 0 Å². The second kappa shape index (κ2) is 1.92. The van der Waals surface area contributed by atoms with Gasteiger partial charge in [0.2, 0.25) is 0 Å². The minimum atomic E-state index is 0.685. The molecule has 1 saturated heterocycles. The van der Waals surface area contributed by atoms with Crippen molar-refractivity contribution in [2.75, 3.05) is 5.75 Å². The molecule has 1 aliphatic rings. The fourth-order valence-corrected chi connectivity index (χ4v) is 2.07. The number of thioether (sulfide) groups is 2. The van der Waals surface area contributed by atoms with Crippen molar-refractivity contribution in [1.29, 1.82) is 5.41 Å². The highest BCUT2D eigenvalue weighted by Gasteiger charge is 2.10. The van der Waals surface area contributed by atoms with Crippen LogP contribution in [0.1, 0.15) is 0 Å². The van der Waals surface area contributed by atoms with E-state index in [0.717, 1.165) is 10.7 Å². The molecule has 0 saturated carbocycles. The van der Waals surface area contributed by atoms with Gasteiger partial charge in [0.1, 0.15) is 4.38 Å². The van der Waals surface area contributed by atoms with Crippen molar-refractivity contribution in [1.82, 2.24) is 0 Å². The van der Waals surface area contributed by atoms with Gasteiger partial charge < -0.3 is 0 Å². The van der Waals surface area contributed by atoms with Gasteiger partial charge in [-0.25, -0.2) is 0 Å². The lowest BCUT2D eigenvalue weighted by molar-refractivity contribution is 1.59. The van der Waals surface area contributed by atoms with Crippen LogP contribution in [-0.4, -0.2) is 10.1 Å². The minimum absolute atomic E-state index is 0.685. The Kier molecular flexibility index (Phi) is 1.44. The summed E-state index contributed by atoms with van der Waals surface area (Å²) in [5, 5.41) is 7.04. The van der Waals surface area contributed by atoms with Crippen molar-refractivity contribution in [3.05, 3.63) is 11.5 Å². The Labute approximate surface area is 51.1 Å². The summed E-state index contributed by atoms with van der Waals surface area (Å²) >= 11 is 3.02. The molecular formula is C4H5NS2. The molecule has 0 aromatic rings. The van der Waals surface area contributed by atoms with Crippen molar-refractivity contribution >= 4 is 27.9 Å². The van der Waals surface area contributed by atoms with Crippen LogP contribution in [-0.2, 0) is 0 Å². The van der Waals surface area contributed by atoms with Gasteiger partial charge in [-0.15, -0.1) is 0 Å². The summed E-state index contributed by atoms with van der Waals surface area (Å²) in [7, 11) is 0. The van der Waals surface area contributed by atoms with Gasteiger partial charge in [0.15, 0.2) is 0 Å². The molecule has 0 radical (unpaired) electrons. The summed E-state index contributed by atoms with van der Waals surface area (Å²) < 4.78 is 0.685. The van der Waals surface area contributed by atoms with Crippen LogP contribution in [0.15, 0.2) is 11.5 Å². The van der Waals surface area contributed by atoms with E-state index >= 15 is 0 Å². The maximum absolute atomic E-state index is 7.04. The fourth-order valence-electron chi connectivity index (χ4n) is 0.336. The third kappa shape index (κ3) is 1.24. The summed E-state index contributed by atoms with van der Waals surface area (Å²) in [6, 6.07) is 0. The quantitative estimate of drug-likeness (QED) is 0.543. The highest BCUT2D eigenvalue weighted by Crippen LogP contribution is 2.33. The highest BCUT2D eigenvalue weighted by atomic mass is 32.2. The average Bonchev–Trinajstić information content (AvgIpc) is 1.87. The van der Waals surface area contributed by atoms with Crippen LogP contribution in [0, 0.1) is 5.41 Å². The van der Waals surface area contributed by atoms with Gasteiger partial charge in [0.05, 0.1) is 0 Å². The van der Waals surface area contributed by atoms with Crippen LogP contribution < -0.4 is 0 Å². The first-order chi connectivity index (χ1) is 3.29. The lowest BCUT2D eigenvalue weighted by atomic mass is 10.7. The highest BCUT2D eigenvalue weighted by molar-refractivity contribution is 8.43. The van der Waals surface area contributed by atoms with E-state index in [1.807, 2.05) is 0 Å². The van der Waals surface area contributed by atoms with Crippen LogP contribution in [0.5, 0.6) is 0 Å². The van der Waals surface area contributed by atoms with Gasteiger partial charge in [-0.05, 0) is 4.91 Å². The molecule has 0 spiro atoms.